The molecule has 3 aromatic rings. The van der Waals surface area contributed by atoms with Crippen molar-refractivity contribution < 1.29 is 14.3 Å². The number of rotatable bonds is 5. The number of hydrogen-bond donors (Lipinski definition) is 2. The molecule has 2 heterocycles. The van der Waals surface area contributed by atoms with Gasteiger partial charge in [0.25, 0.3) is 0 Å². The highest BCUT2D eigenvalue weighted by Crippen LogP contribution is 2.14. The molecule has 0 saturated carbocycles. The Morgan fingerprint density at radius 1 is 1.21 bits per heavy atom. The van der Waals surface area contributed by atoms with E-state index in [1.54, 1.807) is 41.3 Å². The maximum absolute atomic E-state index is 12.9. The Morgan fingerprint density at radius 2 is 2.00 bits per heavy atom. The number of nitrogens with one attached hydrogen (secondary N) is 1. The number of halogens is 1. The monoisotopic (exact) mass is 326 g/mol. The average molecular weight is 326 g/mol. The molecule has 3 rings (SSSR count). The van der Waals surface area contributed by atoms with Crippen molar-refractivity contribution in [1.29, 1.82) is 0 Å². The molecule has 0 unspecified atom stereocenters. The molecule has 0 aliphatic rings. The first-order valence-corrected chi connectivity index (χ1v) is 7.30. The van der Waals surface area contributed by atoms with E-state index < -0.39 is 0 Å². The number of nitrogens with zero attached hydrogens (tertiary/aromatic N) is 3. The van der Waals surface area contributed by atoms with Crippen LogP contribution in [0.2, 0.25) is 0 Å². The Hall–Kier alpha value is -3.06. The van der Waals surface area contributed by atoms with Gasteiger partial charge in [-0.2, -0.15) is 5.10 Å². The smallest absolute Gasteiger partial charge is 0.230 e. The Kier molecular flexibility index (Phi) is 4.62. The first kappa shape index (κ1) is 15.8. The predicted molar refractivity (Wildman–Crippen MR) is 86.0 cm³/mol. The minimum absolute atomic E-state index is 0.0773. The zero-order valence-corrected chi connectivity index (χ0v) is 12.7. The molecule has 0 saturated heterocycles. The van der Waals surface area contributed by atoms with Crippen LogP contribution in [-0.4, -0.2) is 25.8 Å². The van der Waals surface area contributed by atoms with Crippen molar-refractivity contribution in [3.05, 3.63) is 72.1 Å². The second-order valence-electron chi connectivity index (χ2n) is 5.14. The van der Waals surface area contributed by atoms with Crippen LogP contribution in [0.3, 0.4) is 0 Å². The van der Waals surface area contributed by atoms with E-state index in [1.807, 2.05) is 0 Å². The minimum atomic E-state index is -0.318. The summed E-state index contributed by atoms with van der Waals surface area (Å²) in [5, 5.41) is 16.3. The number of carbonyl (C=O) groups is 1. The summed E-state index contributed by atoms with van der Waals surface area (Å²) in [6.07, 6.45) is 4.82. The predicted octanol–water partition coefficient (Wildman–Crippen LogP) is 2.08. The van der Waals surface area contributed by atoms with Crippen molar-refractivity contribution in [2.24, 2.45) is 0 Å². The molecule has 0 radical (unpaired) electrons. The van der Waals surface area contributed by atoms with Crippen LogP contribution in [-0.2, 0) is 17.8 Å². The second kappa shape index (κ2) is 7.01. The van der Waals surface area contributed by atoms with Crippen LogP contribution in [0, 0.1) is 5.82 Å². The Labute approximate surface area is 137 Å². The molecule has 6 nitrogen and oxygen atoms in total. The molecular weight excluding hydrogens is 311 g/mol. The van der Waals surface area contributed by atoms with Gasteiger partial charge >= 0.3 is 0 Å². The summed E-state index contributed by atoms with van der Waals surface area (Å²) in [4.78, 5) is 16.0. The van der Waals surface area contributed by atoms with Crippen LogP contribution >= 0.6 is 0 Å². The molecule has 24 heavy (non-hydrogen) atoms. The summed E-state index contributed by atoms with van der Waals surface area (Å²) in [7, 11) is 0. The molecule has 0 bridgehead atoms. The van der Waals surface area contributed by atoms with Gasteiger partial charge in [0, 0.05) is 18.0 Å². The fraction of sp³-hybridized carbons (Fsp3) is 0.118. The van der Waals surface area contributed by atoms with Crippen LogP contribution in [0.25, 0.3) is 5.69 Å². The molecule has 7 heteroatoms. The highest BCUT2D eigenvalue weighted by Gasteiger charge is 2.10. The van der Waals surface area contributed by atoms with Gasteiger partial charge in [-0.3, -0.25) is 9.78 Å². The maximum atomic E-state index is 12.9. The van der Waals surface area contributed by atoms with Gasteiger partial charge in [-0.25, -0.2) is 9.07 Å². The quantitative estimate of drug-likeness (QED) is 0.752. The van der Waals surface area contributed by atoms with Crippen molar-refractivity contribution in [1.82, 2.24) is 14.8 Å². The largest absolute Gasteiger partial charge is 0.392 e. The van der Waals surface area contributed by atoms with E-state index in [4.69, 9.17) is 0 Å². The van der Waals surface area contributed by atoms with Crippen molar-refractivity contribution in [2.75, 3.05) is 5.32 Å². The standard InChI is InChI=1S/C17H15FN4O2/c18-13-1-3-15(4-2-13)22-8-6-14(21-22)9-17(24)20-16-10-19-7-5-12(16)11-23/h1-8,10,23H,9,11H2,(H,20,24). The van der Waals surface area contributed by atoms with Crippen molar-refractivity contribution in [2.45, 2.75) is 13.0 Å². The lowest BCUT2D eigenvalue weighted by Crippen LogP contribution is -2.16. The zero-order valence-electron chi connectivity index (χ0n) is 12.7. The van der Waals surface area contributed by atoms with E-state index in [0.29, 0.717) is 22.6 Å². The lowest BCUT2D eigenvalue weighted by atomic mass is 10.2. The van der Waals surface area contributed by atoms with E-state index in [-0.39, 0.29) is 24.8 Å². The van der Waals surface area contributed by atoms with E-state index in [2.05, 4.69) is 15.4 Å². The van der Waals surface area contributed by atoms with E-state index in [0.717, 1.165) is 0 Å². The summed E-state index contributed by atoms with van der Waals surface area (Å²) in [6, 6.07) is 9.27. The minimum Gasteiger partial charge on any atom is -0.392 e. The highest BCUT2D eigenvalue weighted by atomic mass is 19.1. The Bertz CT molecular complexity index is 846. The van der Waals surface area contributed by atoms with Gasteiger partial charge in [-0.15, -0.1) is 0 Å². The van der Waals surface area contributed by atoms with Gasteiger partial charge in [-0.1, -0.05) is 0 Å². The van der Waals surface area contributed by atoms with E-state index in [9.17, 15) is 14.3 Å². The van der Waals surface area contributed by atoms with Gasteiger partial charge in [0.2, 0.25) is 5.91 Å². The maximum Gasteiger partial charge on any atom is 0.230 e. The number of anilines is 1. The van der Waals surface area contributed by atoms with Crippen LogP contribution < -0.4 is 5.32 Å². The molecule has 0 spiro atoms. The van der Waals surface area contributed by atoms with Crippen molar-refractivity contribution in [3.63, 3.8) is 0 Å². The third-order valence-corrected chi connectivity index (χ3v) is 3.43. The van der Waals surface area contributed by atoms with Crippen LogP contribution in [0.4, 0.5) is 10.1 Å². The number of pyridine rings is 1. The molecule has 122 valence electrons. The van der Waals surface area contributed by atoms with Crippen LogP contribution in [0.1, 0.15) is 11.3 Å². The Balaban J connectivity index is 1.68. The van der Waals surface area contributed by atoms with Gasteiger partial charge in [0.1, 0.15) is 5.82 Å². The molecule has 1 amide bonds. The highest BCUT2D eigenvalue weighted by molar-refractivity contribution is 5.92. The number of hydrogen-bond acceptors (Lipinski definition) is 4. The molecule has 0 aliphatic carbocycles. The fourth-order valence-corrected chi connectivity index (χ4v) is 2.23. The lowest BCUT2D eigenvalue weighted by Gasteiger charge is -2.07. The number of aliphatic hydroxyl groups is 1. The third-order valence-electron chi connectivity index (χ3n) is 3.43. The summed E-state index contributed by atoms with van der Waals surface area (Å²) < 4.78 is 14.5. The second-order valence-corrected chi connectivity index (χ2v) is 5.14. The lowest BCUT2D eigenvalue weighted by molar-refractivity contribution is -0.115. The average Bonchev–Trinajstić information content (AvgIpc) is 3.04. The Morgan fingerprint density at radius 3 is 2.75 bits per heavy atom. The third kappa shape index (κ3) is 3.64. The SMILES string of the molecule is O=C(Cc1ccn(-c2ccc(F)cc2)n1)Nc1cnccc1CO. The summed E-state index contributed by atoms with van der Waals surface area (Å²) in [6.45, 7) is -0.183. The number of aromatic nitrogens is 3. The molecule has 0 atom stereocenters. The number of carbonyl (C=O) groups excluding carboxylic acids is 1. The van der Waals surface area contributed by atoms with Gasteiger partial charge in [-0.05, 0) is 36.4 Å². The zero-order chi connectivity index (χ0) is 16.9. The summed E-state index contributed by atoms with van der Waals surface area (Å²) >= 11 is 0. The van der Waals surface area contributed by atoms with Crippen LogP contribution in [0.5, 0.6) is 0 Å². The first-order valence-electron chi connectivity index (χ1n) is 7.30. The van der Waals surface area contributed by atoms with Gasteiger partial charge in [0.05, 0.1) is 36.3 Å². The van der Waals surface area contributed by atoms with Gasteiger partial charge < -0.3 is 10.4 Å². The summed E-state index contributed by atoms with van der Waals surface area (Å²) in [5.41, 5.74) is 2.35. The first-order chi connectivity index (χ1) is 11.7. The molecule has 2 aromatic heterocycles. The number of amides is 1. The van der Waals surface area contributed by atoms with Crippen molar-refractivity contribution in [3.8, 4) is 5.69 Å². The van der Waals surface area contributed by atoms with Crippen LogP contribution in [0.15, 0.2) is 55.0 Å². The fourth-order valence-electron chi connectivity index (χ4n) is 2.23. The molecule has 0 aliphatic heterocycles. The normalized spacial score (nSPS) is 10.6. The number of aliphatic hydroxyl groups excluding tert-OH is 1. The van der Waals surface area contributed by atoms with E-state index in [1.165, 1.54) is 18.3 Å². The number of benzene rings is 1. The molecule has 2 N–H and O–H groups in total. The molecule has 1 aromatic carbocycles. The summed E-state index contributed by atoms with van der Waals surface area (Å²) in [5.74, 6) is -0.580. The molecule has 0 fully saturated rings. The van der Waals surface area contributed by atoms with E-state index >= 15 is 0 Å². The molecular formula is C17H15FN4O2. The van der Waals surface area contributed by atoms with Gasteiger partial charge in [0.15, 0.2) is 0 Å². The topological polar surface area (TPSA) is 80.0 Å². The van der Waals surface area contributed by atoms with Crippen molar-refractivity contribution >= 4 is 11.6 Å².